The number of carbonyl (C=O) groups excluding carboxylic acids is 1. The topological polar surface area (TPSA) is 26.3 Å². The predicted octanol–water partition coefficient (Wildman–Crippen LogP) is 4.46. The molecule has 0 spiro atoms. The Kier molecular flexibility index (Phi) is 4.93. The molecular weight excluding hydrogens is 300 g/mol. The molecule has 0 heterocycles. The van der Waals surface area contributed by atoms with Gasteiger partial charge in [0.1, 0.15) is 5.75 Å². The monoisotopic (exact) mass is 310 g/mol. The van der Waals surface area contributed by atoms with E-state index in [0.717, 1.165) is 24.3 Å². The molecule has 2 aromatic rings. The SMILES string of the molecule is O=C(/C=C/c1ccccc1OC(F)F)c1ccc(F)c(F)c1. The van der Waals surface area contributed by atoms with E-state index in [4.69, 9.17) is 0 Å². The highest BCUT2D eigenvalue weighted by atomic mass is 19.3. The fourth-order valence-corrected chi connectivity index (χ4v) is 1.73. The lowest BCUT2D eigenvalue weighted by atomic mass is 10.1. The molecular formula is C16H10F4O2. The molecule has 0 amide bonds. The maximum absolute atomic E-state index is 13.1. The quantitative estimate of drug-likeness (QED) is 0.463. The van der Waals surface area contributed by atoms with Crippen molar-refractivity contribution >= 4 is 11.9 Å². The van der Waals surface area contributed by atoms with Gasteiger partial charge in [0.25, 0.3) is 0 Å². The van der Waals surface area contributed by atoms with Crippen LogP contribution in [0, 0.1) is 11.6 Å². The van der Waals surface area contributed by atoms with Gasteiger partial charge in [0, 0.05) is 11.1 Å². The van der Waals surface area contributed by atoms with Crippen LogP contribution >= 0.6 is 0 Å². The zero-order valence-corrected chi connectivity index (χ0v) is 11.1. The number of carbonyl (C=O) groups is 1. The van der Waals surface area contributed by atoms with Gasteiger partial charge >= 0.3 is 6.61 Å². The molecule has 0 aromatic heterocycles. The van der Waals surface area contributed by atoms with E-state index < -0.39 is 24.0 Å². The molecule has 0 saturated heterocycles. The van der Waals surface area contributed by atoms with Crippen LogP contribution in [0.1, 0.15) is 15.9 Å². The van der Waals surface area contributed by atoms with Crippen molar-refractivity contribution in [1.82, 2.24) is 0 Å². The molecule has 0 radical (unpaired) electrons. The van der Waals surface area contributed by atoms with Gasteiger partial charge in [-0.25, -0.2) is 8.78 Å². The van der Waals surface area contributed by atoms with E-state index in [9.17, 15) is 22.4 Å². The van der Waals surface area contributed by atoms with Crippen molar-refractivity contribution in [3.8, 4) is 5.75 Å². The smallest absolute Gasteiger partial charge is 0.387 e. The summed E-state index contributed by atoms with van der Waals surface area (Å²) < 4.78 is 54.7. The van der Waals surface area contributed by atoms with Gasteiger partial charge in [-0.05, 0) is 36.4 Å². The van der Waals surface area contributed by atoms with Crippen molar-refractivity contribution in [3.05, 3.63) is 71.3 Å². The van der Waals surface area contributed by atoms with Crippen molar-refractivity contribution in [2.75, 3.05) is 0 Å². The number of rotatable bonds is 5. The van der Waals surface area contributed by atoms with Crippen molar-refractivity contribution in [2.45, 2.75) is 6.61 Å². The van der Waals surface area contributed by atoms with Crippen LogP contribution in [0.3, 0.4) is 0 Å². The summed E-state index contributed by atoms with van der Waals surface area (Å²) in [6.45, 7) is -2.99. The molecule has 0 N–H and O–H groups in total. The van der Waals surface area contributed by atoms with Gasteiger partial charge in [0.2, 0.25) is 0 Å². The summed E-state index contributed by atoms with van der Waals surface area (Å²) in [7, 11) is 0. The number of ether oxygens (including phenoxy) is 1. The van der Waals surface area contributed by atoms with Gasteiger partial charge in [-0.2, -0.15) is 8.78 Å². The molecule has 6 heteroatoms. The fraction of sp³-hybridized carbons (Fsp3) is 0.0625. The molecule has 0 unspecified atom stereocenters. The highest BCUT2D eigenvalue weighted by Gasteiger charge is 2.09. The number of para-hydroxylation sites is 1. The average molecular weight is 310 g/mol. The summed E-state index contributed by atoms with van der Waals surface area (Å²) in [6, 6.07) is 8.63. The maximum Gasteiger partial charge on any atom is 0.387 e. The van der Waals surface area contributed by atoms with Crippen LogP contribution in [0.4, 0.5) is 17.6 Å². The molecule has 0 saturated carbocycles. The van der Waals surface area contributed by atoms with E-state index in [0.29, 0.717) is 0 Å². The third kappa shape index (κ3) is 3.94. The van der Waals surface area contributed by atoms with Gasteiger partial charge in [-0.15, -0.1) is 0 Å². The van der Waals surface area contributed by atoms with Gasteiger partial charge in [-0.3, -0.25) is 4.79 Å². The van der Waals surface area contributed by atoms with Crippen LogP contribution in [-0.4, -0.2) is 12.4 Å². The minimum absolute atomic E-state index is 0.0533. The summed E-state index contributed by atoms with van der Waals surface area (Å²) in [5.74, 6) is -2.88. The van der Waals surface area contributed by atoms with Crippen molar-refractivity contribution < 1.29 is 27.1 Å². The van der Waals surface area contributed by atoms with E-state index in [2.05, 4.69) is 4.74 Å². The summed E-state index contributed by atoms with van der Waals surface area (Å²) in [5, 5.41) is 0. The molecule has 114 valence electrons. The first-order valence-corrected chi connectivity index (χ1v) is 6.18. The second-order valence-electron chi connectivity index (χ2n) is 4.24. The Bertz CT molecular complexity index is 711. The zero-order valence-electron chi connectivity index (χ0n) is 11.1. The minimum Gasteiger partial charge on any atom is -0.434 e. The Balaban J connectivity index is 2.21. The van der Waals surface area contributed by atoms with Crippen molar-refractivity contribution in [1.29, 1.82) is 0 Å². The lowest BCUT2D eigenvalue weighted by molar-refractivity contribution is -0.0499. The first kappa shape index (κ1) is 15.8. The standard InChI is InChI=1S/C16H10F4O2/c17-12-7-5-11(9-13(12)18)14(21)8-6-10-3-1-2-4-15(10)22-16(19)20/h1-9,16H/b8-6+. The number of ketones is 1. The van der Waals surface area contributed by atoms with Crippen LogP contribution in [-0.2, 0) is 0 Å². The number of hydrogen-bond acceptors (Lipinski definition) is 2. The maximum atomic E-state index is 13.1. The Morgan fingerprint density at radius 2 is 1.77 bits per heavy atom. The second-order valence-corrected chi connectivity index (χ2v) is 4.24. The molecule has 0 bridgehead atoms. The van der Waals surface area contributed by atoms with Crippen LogP contribution < -0.4 is 4.74 Å². The summed E-state index contributed by atoms with van der Waals surface area (Å²) >= 11 is 0. The minimum atomic E-state index is -2.99. The Morgan fingerprint density at radius 3 is 2.45 bits per heavy atom. The third-order valence-electron chi connectivity index (χ3n) is 2.75. The number of benzene rings is 2. The van der Waals surface area contributed by atoms with Crippen molar-refractivity contribution in [2.24, 2.45) is 0 Å². The molecule has 0 aliphatic rings. The normalized spacial score (nSPS) is 11.1. The zero-order chi connectivity index (χ0) is 16.1. The van der Waals surface area contributed by atoms with Gasteiger partial charge in [0.05, 0.1) is 0 Å². The van der Waals surface area contributed by atoms with Crippen LogP contribution in [0.15, 0.2) is 48.5 Å². The highest BCUT2D eigenvalue weighted by molar-refractivity contribution is 6.06. The largest absolute Gasteiger partial charge is 0.434 e. The van der Waals surface area contributed by atoms with E-state index in [-0.39, 0.29) is 16.9 Å². The van der Waals surface area contributed by atoms with Crippen LogP contribution in [0.25, 0.3) is 6.08 Å². The fourth-order valence-electron chi connectivity index (χ4n) is 1.73. The summed E-state index contributed by atoms with van der Waals surface area (Å²) in [5.41, 5.74) is 0.209. The average Bonchev–Trinajstić information content (AvgIpc) is 2.48. The first-order valence-electron chi connectivity index (χ1n) is 6.18. The first-order chi connectivity index (χ1) is 10.5. The number of allylic oxidation sites excluding steroid dienone is 1. The van der Waals surface area contributed by atoms with E-state index in [1.165, 1.54) is 24.3 Å². The molecule has 0 fully saturated rings. The molecule has 0 atom stereocenters. The summed E-state index contributed by atoms with van der Waals surface area (Å²) in [4.78, 5) is 11.9. The van der Waals surface area contributed by atoms with E-state index in [1.54, 1.807) is 6.07 Å². The molecule has 2 aromatic carbocycles. The number of halogens is 4. The highest BCUT2D eigenvalue weighted by Crippen LogP contribution is 2.22. The van der Waals surface area contributed by atoms with E-state index in [1.807, 2.05) is 0 Å². The van der Waals surface area contributed by atoms with Gasteiger partial charge in [0.15, 0.2) is 17.4 Å². The molecule has 22 heavy (non-hydrogen) atoms. The van der Waals surface area contributed by atoms with Crippen LogP contribution in [0.2, 0.25) is 0 Å². The number of hydrogen-bond donors (Lipinski definition) is 0. The van der Waals surface area contributed by atoms with Crippen molar-refractivity contribution in [3.63, 3.8) is 0 Å². The number of alkyl halides is 2. The van der Waals surface area contributed by atoms with Crippen LogP contribution in [0.5, 0.6) is 5.75 Å². The Morgan fingerprint density at radius 1 is 1.05 bits per heavy atom. The lowest BCUT2D eigenvalue weighted by Gasteiger charge is -2.07. The lowest BCUT2D eigenvalue weighted by Crippen LogP contribution is -2.03. The Hall–Kier alpha value is -2.63. The molecule has 0 aliphatic carbocycles. The van der Waals surface area contributed by atoms with Gasteiger partial charge in [-0.1, -0.05) is 18.2 Å². The second kappa shape index (κ2) is 6.89. The molecule has 2 rings (SSSR count). The van der Waals surface area contributed by atoms with E-state index >= 15 is 0 Å². The Labute approximate surface area is 123 Å². The van der Waals surface area contributed by atoms with Gasteiger partial charge < -0.3 is 4.74 Å². The predicted molar refractivity (Wildman–Crippen MR) is 72.8 cm³/mol. The molecule has 2 nitrogen and oxygen atoms in total. The molecule has 0 aliphatic heterocycles. The third-order valence-corrected chi connectivity index (χ3v) is 2.75. The summed E-state index contributed by atoms with van der Waals surface area (Å²) in [6.07, 6.45) is 2.33.